The summed E-state index contributed by atoms with van der Waals surface area (Å²) < 4.78 is 44.7. The minimum absolute atomic E-state index is 0.0823. The van der Waals surface area contributed by atoms with E-state index >= 15 is 0 Å². The van der Waals surface area contributed by atoms with E-state index in [1.165, 1.54) is 43.2 Å². The first-order valence-corrected chi connectivity index (χ1v) is 9.07. The molecule has 30 heavy (non-hydrogen) atoms. The van der Waals surface area contributed by atoms with E-state index in [0.29, 0.717) is 23.4 Å². The number of benzene rings is 2. The second kappa shape index (κ2) is 8.81. The summed E-state index contributed by atoms with van der Waals surface area (Å²) in [5, 5.41) is 2.90. The van der Waals surface area contributed by atoms with Gasteiger partial charge in [-0.2, -0.15) is 0 Å². The Balaban J connectivity index is 1.95. The van der Waals surface area contributed by atoms with Gasteiger partial charge < -0.3 is 24.1 Å². The maximum absolute atomic E-state index is 13.7. The van der Waals surface area contributed by atoms with Crippen LogP contribution in [0.15, 0.2) is 41.3 Å². The van der Waals surface area contributed by atoms with Crippen LogP contribution in [0.4, 0.5) is 13.6 Å². The van der Waals surface area contributed by atoms with Crippen LogP contribution in [-0.4, -0.2) is 24.9 Å². The standard InChI is InChI=1S/C21H20F2N2O5/c1-4-25-11-19(12-8-17(28-2)18(29-3)9-13(12)20(25)26)30-21(27)24-10-14-15(22)6-5-7-16(14)23/h5-9,11H,4,10H2,1-3H3,(H,24,27). The van der Waals surface area contributed by atoms with Gasteiger partial charge in [0.15, 0.2) is 17.2 Å². The van der Waals surface area contributed by atoms with Gasteiger partial charge in [0, 0.05) is 17.5 Å². The molecule has 0 fully saturated rings. The van der Waals surface area contributed by atoms with E-state index < -0.39 is 24.3 Å². The van der Waals surface area contributed by atoms with Crippen LogP contribution in [0.1, 0.15) is 12.5 Å². The lowest BCUT2D eigenvalue weighted by atomic mass is 10.1. The van der Waals surface area contributed by atoms with E-state index in [1.54, 1.807) is 6.92 Å². The lowest BCUT2D eigenvalue weighted by Gasteiger charge is -2.14. The van der Waals surface area contributed by atoms with Crippen molar-refractivity contribution < 1.29 is 27.8 Å². The fourth-order valence-electron chi connectivity index (χ4n) is 3.00. The van der Waals surface area contributed by atoms with Crippen molar-refractivity contribution in [1.82, 2.24) is 9.88 Å². The van der Waals surface area contributed by atoms with E-state index in [9.17, 15) is 18.4 Å². The summed E-state index contributed by atoms with van der Waals surface area (Å²) in [7, 11) is 2.88. The maximum Gasteiger partial charge on any atom is 0.412 e. The first-order chi connectivity index (χ1) is 14.4. The molecule has 1 aromatic heterocycles. The Morgan fingerprint density at radius 3 is 2.20 bits per heavy atom. The second-order valence-corrected chi connectivity index (χ2v) is 6.28. The third kappa shape index (κ3) is 4.05. The molecule has 3 rings (SSSR count). The van der Waals surface area contributed by atoms with Crippen LogP contribution in [0.5, 0.6) is 17.2 Å². The van der Waals surface area contributed by atoms with Crippen LogP contribution in [0.2, 0.25) is 0 Å². The number of nitrogens with one attached hydrogen (secondary N) is 1. The normalized spacial score (nSPS) is 10.7. The highest BCUT2D eigenvalue weighted by atomic mass is 19.1. The number of halogens is 2. The number of aromatic nitrogens is 1. The third-order valence-corrected chi connectivity index (χ3v) is 4.57. The highest BCUT2D eigenvalue weighted by molar-refractivity contribution is 5.92. The molecule has 0 atom stereocenters. The monoisotopic (exact) mass is 418 g/mol. The molecule has 0 radical (unpaired) electrons. The summed E-state index contributed by atoms with van der Waals surface area (Å²) in [6.45, 7) is 1.69. The van der Waals surface area contributed by atoms with Gasteiger partial charge in [-0.05, 0) is 31.2 Å². The van der Waals surface area contributed by atoms with Crippen molar-refractivity contribution in [3.05, 3.63) is 64.1 Å². The number of hydrogen-bond acceptors (Lipinski definition) is 5. The van der Waals surface area contributed by atoms with Gasteiger partial charge >= 0.3 is 6.09 Å². The van der Waals surface area contributed by atoms with Crippen molar-refractivity contribution in [3.8, 4) is 17.2 Å². The van der Waals surface area contributed by atoms with E-state index in [0.717, 1.165) is 12.1 Å². The summed E-state index contributed by atoms with van der Waals surface area (Å²) in [6.07, 6.45) is 0.454. The van der Waals surface area contributed by atoms with Crippen molar-refractivity contribution >= 4 is 16.9 Å². The largest absolute Gasteiger partial charge is 0.493 e. The van der Waals surface area contributed by atoms with E-state index in [-0.39, 0.29) is 22.3 Å². The minimum atomic E-state index is -0.935. The highest BCUT2D eigenvalue weighted by Crippen LogP contribution is 2.35. The SMILES string of the molecule is CCn1cc(OC(=O)NCc2c(F)cccc2F)c2cc(OC)c(OC)cc2c1=O. The first-order valence-electron chi connectivity index (χ1n) is 9.07. The van der Waals surface area contributed by atoms with E-state index in [2.05, 4.69) is 5.32 Å². The molecule has 0 aliphatic carbocycles. The van der Waals surface area contributed by atoms with Crippen molar-refractivity contribution in [2.75, 3.05) is 14.2 Å². The molecule has 158 valence electrons. The van der Waals surface area contributed by atoms with Crippen LogP contribution in [-0.2, 0) is 13.1 Å². The minimum Gasteiger partial charge on any atom is -0.493 e. The predicted octanol–water partition coefficient (Wildman–Crippen LogP) is 3.61. The lowest BCUT2D eigenvalue weighted by molar-refractivity contribution is 0.200. The molecule has 7 nitrogen and oxygen atoms in total. The zero-order valence-corrected chi connectivity index (χ0v) is 16.6. The molecule has 0 spiro atoms. The molecule has 0 bridgehead atoms. The number of aryl methyl sites for hydroxylation is 1. The summed E-state index contributed by atoms with van der Waals surface area (Å²) in [5.41, 5.74) is -0.584. The molecule has 9 heteroatoms. The Labute approximate surface area is 170 Å². The van der Waals surface area contributed by atoms with E-state index in [1.807, 2.05) is 0 Å². The number of rotatable bonds is 6. The van der Waals surface area contributed by atoms with Crippen molar-refractivity contribution in [2.24, 2.45) is 0 Å². The molecule has 0 aliphatic heterocycles. The lowest BCUT2D eigenvalue weighted by Crippen LogP contribution is -2.28. The smallest absolute Gasteiger partial charge is 0.412 e. The van der Waals surface area contributed by atoms with Gasteiger partial charge in [-0.25, -0.2) is 13.6 Å². The Hall–Kier alpha value is -3.62. The molecule has 2 aromatic carbocycles. The number of hydrogen-bond donors (Lipinski definition) is 1. The molecule has 0 saturated carbocycles. The summed E-state index contributed by atoms with van der Waals surface area (Å²) in [6, 6.07) is 6.44. The molecule has 0 unspecified atom stereocenters. The van der Waals surface area contributed by atoms with Crippen LogP contribution in [0.25, 0.3) is 10.8 Å². The Morgan fingerprint density at radius 2 is 1.63 bits per heavy atom. The maximum atomic E-state index is 13.7. The molecule has 0 saturated heterocycles. The summed E-state index contributed by atoms with van der Waals surface area (Å²) in [5.74, 6) is -0.785. The Bertz CT molecular complexity index is 1140. The molecular weight excluding hydrogens is 398 g/mol. The number of nitrogens with zero attached hydrogens (tertiary/aromatic N) is 1. The number of carbonyl (C=O) groups is 1. The predicted molar refractivity (Wildman–Crippen MR) is 106 cm³/mol. The topological polar surface area (TPSA) is 78.8 Å². The number of methoxy groups -OCH3 is 2. The number of amides is 1. The zero-order chi connectivity index (χ0) is 21.8. The van der Waals surface area contributed by atoms with Crippen molar-refractivity contribution in [2.45, 2.75) is 20.0 Å². The number of fused-ring (bicyclic) bond motifs is 1. The van der Waals surface area contributed by atoms with Crippen LogP contribution >= 0.6 is 0 Å². The second-order valence-electron chi connectivity index (χ2n) is 6.28. The molecular formula is C21H20F2N2O5. The van der Waals surface area contributed by atoms with Gasteiger partial charge in [-0.1, -0.05) is 6.07 Å². The van der Waals surface area contributed by atoms with E-state index in [4.69, 9.17) is 14.2 Å². The molecule has 3 aromatic rings. The molecule has 1 amide bonds. The average molecular weight is 418 g/mol. The Morgan fingerprint density at radius 1 is 1.03 bits per heavy atom. The molecule has 1 N–H and O–H groups in total. The quantitative estimate of drug-likeness (QED) is 0.662. The van der Waals surface area contributed by atoms with Crippen LogP contribution in [0.3, 0.4) is 0 Å². The van der Waals surface area contributed by atoms with Gasteiger partial charge in [0.05, 0.1) is 32.3 Å². The highest BCUT2D eigenvalue weighted by Gasteiger charge is 2.17. The van der Waals surface area contributed by atoms with Gasteiger partial charge in [0.25, 0.3) is 5.56 Å². The number of ether oxygens (including phenoxy) is 3. The average Bonchev–Trinajstić information content (AvgIpc) is 2.74. The van der Waals surface area contributed by atoms with Gasteiger partial charge in [-0.3, -0.25) is 4.79 Å². The summed E-state index contributed by atoms with van der Waals surface area (Å²) in [4.78, 5) is 25.0. The third-order valence-electron chi connectivity index (χ3n) is 4.57. The fraction of sp³-hybridized carbons (Fsp3) is 0.238. The molecule has 1 heterocycles. The zero-order valence-electron chi connectivity index (χ0n) is 16.6. The van der Waals surface area contributed by atoms with Crippen LogP contribution < -0.4 is 25.1 Å². The first kappa shape index (κ1) is 21.1. The van der Waals surface area contributed by atoms with Crippen molar-refractivity contribution in [1.29, 1.82) is 0 Å². The molecule has 0 aliphatic rings. The van der Waals surface area contributed by atoms with Crippen molar-refractivity contribution in [3.63, 3.8) is 0 Å². The van der Waals surface area contributed by atoms with Crippen LogP contribution in [0, 0.1) is 11.6 Å². The van der Waals surface area contributed by atoms with Gasteiger partial charge in [0.2, 0.25) is 0 Å². The summed E-state index contributed by atoms with van der Waals surface area (Å²) >= 11 is 0. The number of pyridine rings is 1. The number of carbonyl (C=O) groups excluding carboxylic acids is 1. The van der Waals surface area contributed by atoms with Gasteiger partial charge in [0.1, 0.15) is 11.6 Å². The van der Waals surface area contributed by atoms with Gasteiger partial charge in [-0.15, -0.1) is 0 Å². The fourth-order valence-corrected chi connectivity index (χ4v) is 3.00. The Kier molecular flexibility index (Phi) is 6.20.